The second kappa shape index (κ2) is 15.4. The van der Waals surface area contributed by atoms with Gasteiger partial charge in [0.1, 0.15) is 11.6 Å². The van der Waals surface area contributed by atoms with Crippen molar-refractivity contribution in [3.05, 3.63) is 69.5 Å². The third-order valence-electron chi connectivity index (χ3n) is 7.78. The minimum atomic E-state index is -0.676. The highest BCUT2D eigenvalue weighted by Gasteiger charge is 2.24. The zero-order valence-corrected chi connectivity index (χ0v) is 29.6. The summed E-state index contributed by atoms with van der Waals surface area (Å²) in [6.07, 6.45) is 2.33. The van der Waals surface area contributed by atoms with Crippen LogP contribution in [0.5, 0.6) is 0 Å². The van der Waals surface area contributed by atoms with Gasteiger partial charge in [-0.3, -0.25) is 15.1 Å². The lowest BCUT2D eigenvalue weighted by atomic mass is 10.2. The van der Waals surface area contributed by atoms with E-state index in [1.807, 2.05) is 30.7 Å². The number of carbonyl (C=O) groups excluding carboxylic acids is 2. The number of thiophene rings is 1. The predicted octanol–water partition coefficient (Wildman–Crippen LogP) is 7.24. The number of hydrogen-bond acceptors (Lipinski definition) is 11. The van der Waals surface area contributed by atoms with Gasteiger partial charge in [0.25, 0.3) is 5.91 Å². The Labute approximate surface area is 290 Å². The van der Waals surface area contributed by atoms with Gasteiger partial charge in [0.15, 0.2) is 0 Å². The number of amides is 2. The highest BCUT2D eigenvalue weighted by atomic mass is 35.5. The Hall–Kier alpha value is -2.78. The molecule has 1 saturated heterocycles. The summed E-state index contributed by atoms with van der Waals surface area (Å²) in [5.74, 6) is -0.385. The number of thiazole rings is 1. The first kappa shape index (κ1) is 33.1. The van der Waals surface area contributed by atoms with Gasteiger partial charge in [0, 0.05) is 70.7 Å². The second-order valence-corrected chi connectivity index (χ2v) is 15.4. The molecule has 4 heterocycles. The van der Waals surface area contributed by atoms with Crippen LogP contribution in [0.15, 0.2) is 67.9 Å². The fourth-order valence-corrected chi connectivity index (χ4v) is 9.42. The number of aryl methyl sites for hydroxylation is 1. The van der Waals surface area contributed by atoms with Gasteiger partial charge in [0.2, 0.25) is 0 Å². The molecule has 0 unspecified atom stereocenters. The van der Waals surface area contributed by atoms with E-state index in [1.165, 1.54) is 32.5 Å². The number of carbonyl (C=O) groups is 2. The van der Waals surface area contributed by atoms with Gasteiger partial charge in [-0.2, -0.15) is 0 Å². The molecular formula is C32H35ClN6O3S4. The van der Waals surface area contributed by atoms with Crippen LogP contribution < -0.4 is 15.8 Å². The van der Waals surface area contributed by atoms with Crippen molar-refractivity contribution in [1.29, 1.82) is 0 Å². The van der Waals surface area contributed by atoms with Crippen LogP contribution in [-0.4, -0.2) is 85.5 Å². The molecule has 0 atom stereocenters. The Morgan fingerprint density at radius 3 is 2.50 bits per heavy atom. The maximum atomic E-state index is 12.7. The average molecular weight is 715 g/mol. The molecule has 2 aromatic heterocycles. The topological polar surface area (TPSA) is 90.0 Å². The molecule has 2 aliphatic heterocycles. The van der Waals surface area contributed by atoms with Crippen molar-refractivity contribution in [3.63, 3.8) is 0 Å². The lowest BCUT2D eigenvalue weighted by Crippen LogP contribution is -2.48. The molecule has 46 heavy (non-hydrogen) atoms. The maximum Gasteiger partial charge on any atom is 0.426 e. The number of aromatic nitrogens is 1. The molecule has 6 rings (SSSR count). The smallest absolute Gasteiger partial charge is 0.426 e. The first-order valence-electron chi connectivity index (χ1n) is 15.0. The first-order valence-corrected chi connectivity index (χ1v) is 19.1. The Morgan fingerprint density at radius 2 is 1.74 bits per heavy atom. The van der Waals surface area contributed by atoms with Gasteiger partial charge < -0.3 is 14.5 Å². The molecule has 2 aliphatic rings. The number of thioether (sulfide) groups is 1. The number of anilines is 2. The van der Waals surface area contributed by atoms with E-state index in [0.29, 0.717) is 11.4 Å². The monoisotopic (exact) mass is 714 g/mol. The molecule has 0 aliphatic carbocycles. The van der Waals surface area contributed by atoms with Crippen LogP contribution in [0, 0.1) is 6.92 Å². The van der Waals surface area contributed by atoms with Gasteiger partial charge in [-0.25, -0.2) is 15.2 Å². The number of benzene rings is 2. The number of ether oxygens (including phenoxy) is 1. The van der Waals surface area contributed by atoms with E-state index in [1.54, 1.807) is 34.9 Å². The van der Waals surface area contributed by atoms with E-state index in [9.17, 15) is 9.59 Å². The van der Waals surface area contributed by atoms with E-state index in [-0.39, 0.29) is 12.5 Å². The SMILES string of the molecule is CSc1sc(C(=O)NNC(=O)OCCN2CCN(CCCN3c4ccccc4Sc4ccc(Cl)cc43)CC2)cc1-c1nc(C)cs1. The quantitative estimate of drug-likeness (QED) is 0.130. The third-order valence-corrected chi connectivity index (χ3v) is 12.4. The van der Waals surface area contributed by atoms with Gasteiger partial charge in [-0.1, -0.05) is 35.5 Å². The van der Waals surface area contributed by atoms with Gasteiger partial charge in [-0.05, 0) is 62.5 Å². The van der Waals surface area contributed by atoms with Crippen LogP contribution in [0.1, 0.15) is 21.8 Å². The zero-order chi connectivity index (χ0) is 32.0. The molecule has 9 nitrogen and oxygen atoms in total. The van der Waals surface area contributed by atoms with Crippen molar-refractivity contribution in [2.75, 3.05) is 63.6 Å². The summed E-state index contributed by atoms with van der Waals surface area (Å²) in [7, 11) is 0. The lowest BCUT2D eigenvalue weighted by molar-refractivity contribution is 0.0854. The fourth-order valence-electron chi connectivity index (χ4n) is 5.47. The average Bonchev–Trinajstić information content (AvgIpc) is 3.70. The molecule has 2 amide bonds. The van der Waals surface area contributed by atoms with Crippen molar-refractivity contribution in [1.82, 2.24) is 25.6 Å². The van der Waals surface area contributed by atoms with E-state index < -0.39 is 6.09 Å². The van der Waals surface area contributed by atoms with Crippen LogP contribution in [0.2, 0.25) is 5.02 Å². The normalized spacial score (nSPS) is 14.9. The van der Waals surface area contributed by atoms with E-state index in [2.05, 4.69) is 66.9 Å². The number of rotatable bonds is 10. The molecule has 1 fully saturated rings. The number of hydrogen-bond donors (Lipinski definition) is 2. The number of hydrazine groups is 1. The second-order valence-electron chi connectivity index (χ2n) is 10.9. The van der Waals surface area contributed by atoms with Crippen LogP contribution in [0.4, 0.5) is 16.2 Å². The van der Waals surface area contributed by atoms with Gasteiger partial charge in [-0.15, -0.1) is 34.4 Å². The van der Waals surface area contributed by atoms with Crippen molar-refractivity contribution in [2.45, 2.75) is 27.3 Å². The highest BCUT2D eigenvalue weighted by molar-refractivity contribution is 8.00. The Morgan fingerprint density at radius 1 is 0.978 bits per heavy atom. The largest absolute Gasteiger partial charge is 0.447 e. The summed E-state index contributed by atoms with van der Waals surface area (Å²) in [4.78, 5) is 39.7. The molecular weight excluding hydrogens is 680 g/mol. The van der Waals surface area contributed by atoms with Gasteiger partial charge in [0.05, 0.1) is 20.5 Å². The van der Waals surface area contributed by atoms with E-state index in [4.69, 9.17) is 16.3 Å². The Kier molecular flexibility index (Phi) is 11.1. The summed E-state index contributed by atoms with van der Waals surface area (Å²) < 4.78 is 6.34. The van der Waals surface area contributed by atoms with E-state index in [0.717, 1.165) is 71.2 Å². The summed E-state index contributed by atoms with van der Waals surface area (Å²) in [5, 5.41) is 3.62. The summed E-state index contributed by atoms with van der Waals surface area (Å²) in [5.41, 5.74) is 9.13. The highest BCUT2D eigenvalue weighted by Crippen LogP contribution is 2.48. The van der Waals surface area contributed by atoms with Crippen LogP contribution in [0.3, 0.4) is 0 Å². The molecule has 0 bridgehead atoms. The first-order chi connectivity index (χ1) is 22.4. The van der Waals surface area contributed by atoms with Crippen LogP contribution >= 0.6 is 57.8 Å². The number of halogens is 1. The predicted molar refractivity (Wildman–Crippen MR) is 190 cm³/mol. The van der Waals surface area contributed by atoms with Crippen molar-refractivity contribution < 1.29 is 14.3 Å². The van der Waals surface area contributed by atoms with Gasteiger partial charge >= 0.3 is 6.09 Å². The van der Waals surface area contributed by atoms with Crippen molar-refractivity contribution >= 4 is 81.2 Å². The molecule has 242 valence electrons. The molecule has 14 heteroatoms. The number of fused-ring (bicyclic) bond motifs is 2. The molecule has 4 aromatic rings. The minimum Gasteiger partial charge on any atom is -0.447 e. The Balaban J connectivity index is 0.891. The van der Waals surface area contributed by atoms with Crippen molar-refractivity contribution in [2.24, 2.45) is 0 Å². The number of piperazine rings is 1. The Bertz CT molecular complexity index is 1690. The molecule has 2 N–H and O–H groups in total. The van der Waals surface area contributed by atoms with Crippen molar-refractivity contribution in [3.8, 4) is 10.6 Å². The summed E-state index contributed by atoms with van der Waals surface area (Å²) >= 11 is 12.7. The minimum absolute atomic E-state index is 0.249. The maximum absolute atomic E-state index is 12.7. The summed E-state index contributed by atoms with van der Waals surface area (Å²) in [6.45, 7) is 8.55. The van der Waals surface area contributed by atoms with E-state index >= 15 is 0 Å². The standard InChI is InChI=1S/C32H35ClN6O3S4/c1-21-20-44-30(34-21)23-19-28(46-31(23)43-2)29(40)35-36-32(41)42-17-16-38-14-12-37(13-15-38)10-5-11-39-24-6-3-4-7-26(24)45-27-9-8-22(33)18-25(27)39/h3-4,6-9,18-20H,5,10-17H2,1-2H3,(H,35,40)(H,36,41). The number of nitrogens with one attached hydrogen (secondary N) is 2. The zero-order valence-electron chi connectivity index (χ0n) is 25.6. The summed E-state index contributed by atoms with van der Waals surface area (Å²) in [6, 6.07) is 16.5. The number of nitrogens with zero attached hydrogens (tertiary/aromatic N) is 4. The molecule has 0 saturated carbocycles. The fraction of sp³-hybridized carbons (Fsp3) is 0.344. The molecule has 0 radical (unpaired) electrons. The third kappa shape index (κ3) is 8.01. The van der Waals surface area contributed by atoms with Crippen LogP contribution in [0.25, 0.3) is 10.6 Å². The molecule has 2 aromatic carbocycles. The lowest BCUT2D eigenvalue weighted by Gasteiger charge is -2.36. The van der Waals surface area contributed by atoms with Crippen LogP contribution in [-0.2, 0) is 4.74 Å². The number of para-hydroxylation sites is 1. The molecule has 0 spiro atoms.